The van der Waals surface area contributed by atoms with Crippen molar-refractivity contribution in [2.45, 2.75) is 33.9 Å². The molecule has 0 unspecified atom stereocenters. The fraction of sp³-hybridized carbons (Fsp3) is 0.316. The first-order valence-electron chi connectivity index (χ1n) is 8.55. The molecule has 7 heteroatoms. The molecule has 0 saturated carbocycles. The molecule has 2 heterocycles. The summed E-state index contributed by atoms with van der Waals surface area (Å²) in [5.74, 6) is 0. The Morgan fingerprint density at radius 1 is 1.19 bits per heavy atom. The number of nitrogens with one attached hydrogen (secondary N) is 2. The second-order valence-corrected chi connectivity index (χ2v) is 6.84. The normalized spacial score (nSPS) is 10.8. The van der Waals surface area contributed by atoms with Gasteiger partial charge in [-0.15, -0.1) is 0 Å². The van der Waals surface area contributed by atoms with Gasteiger partial charge in [0.25, 0.3) is 0 Å². The Bertz CT molecular complexity index is 924. The van der Waals surface area contributed by atoms with E-state index in [1.807, 2.05) is 41.7 Å². The van der Waals surface area contributed by atoms with E-state index < -0.39 is 0 Å². The SMILES string of the molecule is Cc1ccccc1Cn1cc(NC(=S)NCc2c(C)nn(C)c2C)cn1. The van der Waals surface area contributed by atoms with Crippen LogP contribution < -0.4 is 10.6 Å². The van der Waals surface area contributed by atoms with Crippen LogP contribution in [0, 0.1) is 20.8 Å². The van der Waals surface area contributed by atoms with E-state index in [0.29, 0.717) is 11.7 Å². The first kappa shape index (κ1) is 18.1. The first-order valence-corrected chi connectivity index (χ1v) is 8.95. The number of hydrogen-bond acceptors (Lipinski definition) is 3. The van der Waals surface area contributed by atoms with E-state index in [1.165, 1.54) is 16.7 Å². The van der Waals surface area contributed by atoms with E-state index >= 15 is 0 Å². The highest BCUT2D eigenvalue weighted by Gasteiger charge is 2.10. The Hall–Kier alpha value is -2.67. The van der Waals surface area contributed by atoms with Gasteiger partial charge in [-0.1, -0.05) is 24.3 Å². The summed E-state index contributed by atoms with van der Waals surface area (Å²) in [6, 6.07) is 8.32. The summed E-state index contributed by atoms with van der Waals surface area (Å²) in [6.45, 7) is 7.57. The highest BCUT2D eigenvalue weighted by Crippen LogP contribution is 2.13. The fourth-order valence-electron chi connectivity index (χ4n) is 2.89. The lowest BCUT2D eigenvalue weighted by atomic mass is 10.1. The summed E-state index contributed by atoms with van der Waals surface area (Å²) in [4.78, 5) is 0. The predicted octanol–water partition coefficient (Wildman–Crippen LogP) is 3.08. The summed E-state index contributed by atoms with van der Waals surface area (Å²) in [5, 5.41) is 15.8. The first-order chi connectivity index (χ1) is 12.4. The average molecular weight is 369 g/mol. The molecule has 2 N–H and O–H groups in total. The van der Waals surface area contributed by atoms with Crippen molar-refractivity contribution in [2.24, 2.45) is 7.05 Å². The van der Waals surface area contributed by atoms with Gasteiger partial charge in [0.1, 0.15) is 0 Å². The van der Waals surface area contributed by atoms with E-state index in [4.69, 9.17) is 12.2 Å². The Morgan fingerprint density at radius 2 is 1.96 bits per heavy atom. The number of aromatic nitrogens is 4. The summed E-state index contributed by atoms with van der Waals surface area (Å²) in [5.41, 5.74) is 6.72. The standard InChI is InChI=1S/C19H24N6S/c1-13-7-5-6-8-16(13)11-25-12-17(9-21-25)22-19(26)20-10-18-14(2)23-24(4)15(18)3/h5-9,12H,10-11H2,1-4H3,(H2,20,22,26). The van der Waals surface area contributed by atoms with E-state index in [1.54, 1.807) is 6.20 Å². The number of aryl methyl sites for hydroxylation is 3. The van der Waals surface area contributed by atoms with Gasteiger partial charge in [-0.3, -0.25) is 9.36 Å². The third-order valence-corrected chi connectivity index (χ3v) is 4.82. The highest BCUT2D eigenvalue weighted by atomic mass is 32.1. The van der Waals surface area contributed by atoms with Crippen LogP contribution in [0.1, 0.15) is 28.1 Å². The van der Waals surface area contributed by atoms with Crippen LogP contribution in [0.3, 0.4) is 0 Å². The lowest BCUT2D eigenvalue weighted by Gasteiger charge is -2.09. The molecule has 0 aliphatic heterocycles. The molecule has 0 aliphatic rings. The van der Waals surface area contributed by atoms with Crippen molar-refractivity contribution in [3.05, 3.63) is 64.7 Å². The molecule has 2 aromatic heterocycles. The van der Waals surface area contributed by atoms with Gasteiger partial charge in [-0.25, -0.2) is 0 Å². The molecular weight excluding hydrogens is 344 g/mol. The maximum atomic E-state index is 5.40. The van der Waals surface area contributed by atoms with E-state index in [-0.39, 0.29) is 0 Å². The van der Waals surface area contributed by atoms with Crippen LogP contribution in [0.25, 0.3) is 0 Å². The topological polar surface area (TPSA) is 59.7 Å². The second kappa shape index (κ2) is 7.70. The van der Waals surface area contributed by atoms with Gasteiger partial charge >= 0.3 is 0 Å². The lowest BCUT2D eigenvalue weighted by Crippen LogP contribution is -2.28. The molecule has 3 rings (SSSR count). The van der Waals surface area contributed by atoms with Gasteiger partial charge in [0.15, 0.2) is 5.11 Å². The molecule has 3 aromatic rings. The third-order valence-electron chi connectivity index (χ3n) is 4.57. The monoisotopic (exact) mass is 368 g/mol. The van der Waals surface area contributed by atoms with Gasteiger partial charge in [0, 0.05) is 31.0 Å². The maximum absolute atomic E-state index is 5.40. The van der Waals surface area contributed by atoms with Crippen molar-refractivity contribution in [3.8, 4) is 0 Å². The zero-order valence-electron chi connectivity index (χ0n) is 15.6. The molecule has 0 saturated heterocycles. The van der Waals surface area contributed by atoms with Crippen LogP contribution in [-0.4, -0.2) is 24.7 Å². The Kier molecular flexibility index (Phi) is 5.37. The smallest absolute Gasteiger partial charge is 0.171 e. The van der Waals surface area contributed by atoms with Gasteiger partial charge in [-0.2, -0.15) is 10.2 Å². The maximum Gasteiger partial charge on any atom is 0.171 e. The zero-order valence-corrected chi connectivity index (χ0v) is 16.4. The minimum absolute atomic E-state index is 0.572. The highest BCUT2D eigenvalue weighted by molar-refractivity contribution is 7.80. The largest absolute Gasteiger partial charge is 0.358 e. The quantitative estimate of drug-likeness (QED) is 0.678. The van der Waals surface area contributed by atoms with Crippen molar-refractivity contribution < 1.29 is 0 Å². The van der Waals surface area contributed by atoms with E-state index in [2.05, 4.69) is 46.8 Å². The van der Waals surface area contributed by atoms with Crippen molar-refractivity contribution in [2.75, 3.05) is 5.32 Å². The van der Waals surface area contributed by atoms with E-state index in [0.717, 1.165) is 23.6 Å². The number of rotatable bonds is 5. The lowest BCUT2D eigenvalue weighted by molar-refractivity contribution is 0.684. The number of hydrogen-bond donors (Lipinski definition) is 2. The molecule has 1 aromatic carbocycles. The number of nitrogens with zero attached hydrogens (tertiary/aromatic N) is 4. The molecule has 136 valence electrons. The molecule has 0 atom stereocenters. The van der Waals surface area contributed by atoms with Crippen LogP contribution in [-0.2, 0) is 20.1 Å². The summed E-state index contributed by atoms with van der Waals surface area (Å²) < 4.78 is 3.79. The Labute approximate surface area is 159 Å². The van der Waals surface area contributed by atoms with Crippen LogP contribution in [0.5, 0.6) is 0 Å². The van der Waals surface area contributed by atoms with Crippen molar-refractivity contribution in [1.82, 2.24) is 24.9 Å². The van der Waals surface area contributed by atoms with Crippen LogP contribution in [0.2, 0.25) is 0 Å². The van der Waals surface area contributed by atoms with Crippen LogP contribution in [0.4, 0.5) is 5.69 Å². The molecule has 6 nitrogen and oxygen atoms in total. The Balaban J connectivity index is 1.57. The molecule has 26 heavy (non-hydrogen) atoms. The van der Waals surface area contributed by atoms with Gasteiger partial charge in [0.2, 0.25) is 0 Å². The Morgan fingerprint density at radius 3 is 2.65 bits per heavy atom. The molecule has 0 fully saturated rings. The number of thiocarbonyl (C=S) groups is 1. The molecular formula is C19H24N6S. The summed E-state index contributed by atoms with van der Waals surface area (Å²) in [6.07, 6.45) is 3.74. The molecule has 0 radical (unpaired) electrons. The van der Waals surface area contributed by atoms with Crippen LogP contribution in [0.15, 0.2) is 36.7 Å². The summed E-state index contributed by atoms with van der Waals surface area (Å²) in [7, 11) is 1.95. The van der Waals surface area contributed by atoms with Crippen molar-refractivity contribution >= 4 is 23.0 Å². The molecule has 0 spiro atoms. The molecule has 0 bridgehead atoms. The van der Waals surface area contributed by atoms with Gasteiger partial charge in [-0.05, 0) is 44.1 Å². The average Bonchev–Trinajstić information content (AvgIpc) is 3.13. The second-order valence-electron chi connectivity index (χ2n) is 6.43. The van der Waals surface area contributed by atoms with E-state index in [9.17, 15) is 0 Å². The molecule has 0 amide bonds. The number of benzene rings is 1. The summed E-state index contributed by atoms with van der Waals surface area (Å²) >= 11 is 5.40. The van der Waals surface area contributed by atoms with Crippen molar-refractivity contribution in [3.63, 3.8) is 0 Å². The number of anilines is 1. The third kappa shape index (κ3) is 4.11. The fourth-order valence-corrected chi connectivity index (χ4v) is 3.08. The van der Waals surface area contributed by atoms with Crippen molar-refractivity contribution in [1.29, 1.82) is 0 Å². The van der Waals surface area contributed by atoms with Gasteiger partial charge in [0.05, 0.1) is 24.1 Å². The zero-order chi connectivity index (χ0) is 18.7. The van der Waals surface area contributed by atoms with Gasteiger partial charge < -0.3 is 10.6 Å². The minimum atomic E-state index is 0.572. The minimum Gasteiger partial charge on any atom is -0.358 e. The van der Waals surface area contributed by atoms with Crippen LogP contribution >= 0.6 is 12.2 Å². The predicted molar refractivity (Wildman–Crippen MR) is 108 cm³/mol. The molecule has 0 aliphatic carbocycles.